The number of aromatic nitrogens is 1. The summed E-state index contributed by atoms with van der Waals surface area (Å²) in [5.41, 5.74) is 3.30. The highest BCUT2D eigenvalue weighted by atomic mass is 32.1. The minimum atomic E-state index is -0.346. The van der Waals surface area contributed by atoms with E-state index in [0.717, 1.165) is 34.7 Å². The van der Waals surface area contributed by atoms with Crippen molar-refractivity contribution in [2.45, 2.75) is 20.8 Å². The summed E-state index contributed by atoms with van der Waals surface area (Å²) in [6, 6.07) is 10.9. The van der Waals surface area contributed by atoms with Crippen LogP contribution in [0.2, 0.25) is 0 Å². The molecular formula is C21H25FN4OS. The normalized spacial score (nSPS) is 10.9. The van der Waals surface area contributed by atoms with E-state index in [-0.39, 0.29) is 18.3 Å². The van der Waals surface area contributed by atoms with Gasteiger partial charge >= 0.3 is 0 Å². The lowest BCUT2D eigenvalue weighted by molar-refractivity contribution is -0.114. The number of thiazole rings is 1. The van der Waals surface area contributed by atoms with E-state index in [9.17, 15) is 9.18 Å². The van der Waals surface area contributed by atoms with Gasteiger partial charge in [0.05, 0.1) is 11.2 Å². The number of para-hydroxylation sites is 1. The van der Waals surface area contributed by atoms with Gasteiger partial charge in [-0.25, -0.2) is 9.37 Å². The average molecular weight is 401 g/mol. The molecule has 1 heterocycles. The Kier molecular flexibility index (Phi) is 6.14. The lowest BCUT2D eigenvalue weighted by Gasteiger charge is -2.22. The molecule has 0 aliphatic heterocycles. The number of carbonyl (C=O) groups is 1. The van der Waals surface area contributed by atoms with E-state index in [1.807, 2.05) is 25.1 Å². The Labute approximate surface area is 168 Å². The Bertz CT molecular complexity index is 984. The Morgan fingerprint density at radius 1 is 1.21 bits per heavy atom. The molecule has 2 aromatic carbocycles. The minimum Gasteiger partial charge on any atom is -0.372 e. The van der Waals surface area contributed by atoms with Gasteiger partial charge in [0.25, 0.3) is 0 Å². The molecule has 1 amide bonds. The molecule has 1 N–H and O–H groups in total. The number of rotatable bonds is 7. The van der Waals surface area contributed by atoms with Gasteiger partial charge in [0, 0.05) is 31.5 Å². The number of carbonyl (C=O) groups excluding carboxylic acids is 1. The second-order valence-corrected chi connectivity index (χ2v) is 7.67. The van der Waals surface area contributed by atoms with Crippen molar-refractivity contribution in [1.82, 2.24) is 4.98 Å². The third kappa shape index (κ3) is 4.25. The first-order valence-electron chi connectivity index (χ1n) is 9.34. The molecule has 3 aromatic rings. The number of benzene rings is 2. The van der Waals surface area contributed by atoms with E-state index in [2.05, 4.69) is 35.1 Å². The second-order valence-electron chi connectivity index (χ2n) is 6.66. The molecule has 0 aliphatic carbocycles. The molecule has 0 saturated carbocycles. The van der Waals surface area contributed by atoms with Crippen molar-refractivity contribution in [2.75, 3.05) is 41.8 Å². The van der Waals surface area contributed by atoms with Crippen LogP contribution in [0.4, 0.5) is 20.9 Å². The van der Waals surface area contributed by atoms with E-state index in [4.69, 9.17) is 0 Å². The fourth-order valence-electron chi connectivity index (χ4n) is 3.11. The zero-order valence-electron chi connectivity index (χ0n) is 16.6. The fraction of sp³-hybridized carbons (Fsp3) is 0.333. The lowest BCUT2D eigenvalue weighted by atomic mass is 10.1. The van der Waals surface area contributed by atoms with Crippen LogP contribution in [0.5, 0.6) is 0 Å². The van der Waals surface area contributed by atoms with E-state index < -0.39 is 0 Å². The third-order valence-electron chi connectivity index (χ3n) is 4.68. The van der Waals surface area contributed by atoms with Crippen LogP contribution in [-0.2, 0) is 4.79 Å². The molecule has 0 bridgehead atoms. The molecule has 1 aromatic heterocycles. The Hall–Kier alpha value is -2.67. The Morgan fingerprint density at radius 2 is 1.96 bits per heavy atom. The van der Waals surface area contributed by atoms with Crippen LogP contribution in [0, 0.1) is 12.7 Å². The quantitative estimate of drug-likeness (QED) is 0.626. The predicted molar refractivity (Wildman–Crippen MR) is 116 cm³/mol. The number of fused-ring (bicyclic) bond motifs is 1. The molecule has 28 heavy (non-hydrogen) atoms. The van der Waals surface area contributed by atoms with E-state index >= 15 is 0 Å². The van der Waals surface area contributed by atoms with Gasteiger partial charge < -0.3 is 15.1 Å². The molecule has 148 valence electrons. The highest BCUT2D eigenvalue weighted by Crippen LogP contribution is 2.29. The molecule has 0 unspecified atom stereocenters. The molecule has 0 fully saturated rings. The summed E-state index contributed by atoms with van der Waals surface area (Å²) in [7, 11) is 1.78. The van der Waals surface area contributed by atoms with Crippen molar-refractivity contribution < 1.29 is 9.18 Å². The van der Waals surface area contributed by atoms with Gasteiger partial charge in [-0.15, -0.1) is 0 Å². The number of hydrogen-bond acceptors (Lipinski definition) is 5. The maximum atomic E-state index is 13.8. The van der Waals surface area contributed by atoms with Gasteiger partial charge in [-0.2, -0.15) is 0 Å². The van der Waals surface area contributed by atoms with Crippen molar-refractivity contribution in [3.05, 3.63) is 47.8 Å². The topological polar surface area (TPSA) is 48.5 Å². The van der Waals surface area contributed by atoms with Crippen LogP contribution in [0.3, 0.4) is 0 Å². The molecule has 7 heteroatoms. The van der Waals surface area contributed by atoms with Gasteiger partial charge in [0.2, 0.25) is 5.91 Å². The molecule has 0 spiro atoms. The number of aryl methyl sites for hydroxylation is 1. The van der Waals surface area contributed by atoms with Crippen LogP contribution >= 0.6 is 11.3 Å². The number of likely N-dealkylation sites (N-methyl/N-ethyl adjacent to an activating group) is 1. The smallest absolute Gasteiger partial charge is 0.243 e. The number of hydrogen-bond donors (Lipinski definition) is 1. The van der Waals surface area contributed by atoms with Gasteiger partial charge in [-0.3, -0.25) is 4.79 Å². The first-order valence-corrected chi connectivity index (χ1v) is 10.2. The van der Waals surface area contributed by atoms with Crippen LogP contribution in [-0.4, -0.2) is 37.6 Å². The Morgan fingerprint density at radius 3 is 2.61 bits per heavy atom. The highest BCUT2D eigenvalue weighted by molar-refractivity contribution is 7.22. The minimum absolute atomic E-state index is 0.138. The number of nitrogens with zero attached hydrogens (tertiary/aromatic N) is 3. The molecule has 0 radical (unpaired) electrons. The lowest BCUT2D eigenvalue weighted by Crippen LogP contribution is -2.30. The number of halogens is 1. The number of amides is 1. The van der Waals surface area contributed by atoms with Crippen LogP contribution < -0.4 is 15.1 Å². The molecule has 0 aliphatic rings. The molecule has 0 atom stereocenters. The summed E-state index contributed by atoms with van der Waals surface area (Å²) in [6.07, 6.45) is 0. The summed E-state index contributed by atoms with van der Waals surface area (Å²) in [6.45, 7) is 8.25. The summed E-state index contributed by atoms with van der Waals surface area (Å²) in [4.78, 5) is 20.8. The maximum Gasteiger partial charge on any atom is 0.243 e. The second kappa shape index (κ2) is 8.56. The summed E-state index contributed by atoms with van der Waals surface area (Å²) < 4.78 is 14.6. The van der Waals surface area contributed by atoms with Gasteiger partial charge in [-0.1, -0.05) is 17.4 Å². The van der Waals surface area contributed by atoms with Crippen LogP contribution in [0.15, 0.2) is 36.4 Å². The van der Waals surface area contributed by atoms with Gasteiger partial charge in [0.1, 0.15) is 11.3 Å². The molecule has 3 rings (SSSR count). The van der Waals surface area contributed by atoms with Crippen molar-refractivity contribution >= 4 is 44.0 Å². The van der Waals surface area contributed by atoms with Crippen LogP contribution in [0.25, 0.3) is 10.2 Å². The van der Waals surface area contributed by atoms with Gasteiger partial charge in [-0.05, 0) is 56.7 Å². The van der Waals surface area contributed by atoms with Crippen molar-refractivity contribution in [3.63, 3.8) is 0 Å². The highest BCUT2D eigenvalue weighted by Gasteiger charge is 2.15. The third-order valence-corrected chi connectivity index (χ3v) is 5.81. The standard InChI is InChI=1S/C21H25FN4OS/c1-5-26(6-2)15-10-11-17(14(3)12-15)23-19(27)13-25(4)21-24-20-16(22)8-7-9-18(20)28-21/h7-12H,5-6,13H2,1-4H3,(H,23,27). The largest absolute Gasteiger partial charge is 0.372 e. The van der Waals surface area contributed by atoms with E-state index in [1.165, 1.54) is 17.4 Å². The first kappa shape index (κ1) is 20.1. The van der Waals surface area contributed by atoms with Crippen LogP contribution in [0.1, 0.15) is 19.4 Å². The zero-order chi connectivity index (χ0) is 20.3. The number of nitrogens with one attached hydrogen (secondary N) is 1. The molecule has 5 nitrogen and oxygen atoms in total. The summed E-state index contributed by atoms with van der Waals surface area (Å²) >= 11 is 1.37. The van der Waals surface area contributed by atoms with E-state index in [0.29, 0.717) is 10.6 Å². The van der Waals surface area contributed by atoms with Gasteiger partial charge in [0.15, 0.2) is 5.13 Å². The molecular weight excluding hydrogens is 375 g/mol. The molecule has 0 saturated heterocycles. The van der Waals surface area contributed by atoms with Crippen molar-refractivity contribution in [1.29, 1.82) is 0 Å². The number of anilines is 3. The maximum absolute atomic E-state index is 13.8. The summed E-state index contributed by atoms with van der Waals surface area (Å²) in [5, 5.41) is 3.58. The van der Waals surface area contributed by atoms with Crippen molar-refractivity contribution in [2.24, 2.45) is 0 Å². The summed E-state index contributed by atoms with van der Waals surface area (Å²) in [5.74, 6) is -0.484. The average Bonchev–Trinajstić information content (AvgIpc) is 3.11. The fourth-order valence-corrected chi connectivity index (χ4v) is 4.05. The first-order chi connectivity index (χ1) is 13.4. The van der Waals surface area contributed by atoms with Crippen molar-refractivity contribution in [3.8, 4) is 0 Å². The Balaban J connectivity index is 1.68. The monoisotopic (exact) mass is 400 g/mol. The predicted octanol–water partition coefficient (Wildman–Crippen LogP) is 4.66. The SMILES string of the molecule is CCN(CC)c1ccc(NC(=O)CN(C)c2nc3c(F)cccc3s2)c(C)c1. The van der Waals surface area contributed by atoms with E-state index in [1.54, 1.807) is 18.0 Å². The zero-order valence-corrected chi connectivity index (χ0v) is 17.4.